The van der Waals surface area contributed by atoms with Gasteiger partial charge in [0.25, 0.3) is 0 Å². The van der Waals surface area contributed by atoms with Crippen molar-refractivity contribution in [2.75, 3.05) is 20.3 Å². The largest absolute Gasteiger partial charge is 0.493 e. The Balaban J connectivity index is 1.48. The van der Waals surface area contributed by atoms with E-state index in [-0.39, 0.29) is 60.8 Å². The van der Waals surface area contributed by atoms with Crippen molar-refractivity contribution >= 4 is 29.4 Å². The van der Waals surface area contributed by atoms with Crippen LogP contribution in [0.3, 0.4) is 0 Å². The summed E-state index contributed by atoms with van der Waals surface area (Å²) in [7, 11) is 1.53. The number of likely N-dealkylation sites (tertiary alicyclic amines) is 1. The molecule has 1 saturated carbocycles. The number of aliphatic carboxylic acids is 1. The van der Waals surface area contributed by atoms with E-state index in [1.54, 1.807) is 12.1 Å². The molecule has 37 heavy (non-hydrogen) atoms. The molecule has 1 atom stereocenters. The number of nitrogens with zero attached hydrogens (tertiary/aromatic N) is 2. The van der Waals surface area contributed by atoms with Gasteiger partial charge < -0.3 is 14.6 Å². The maximum Gasteiger partial charge on any atom is 0.306 e. The molecule has 0 bridgehead atoms. The first-order valence-corrected chi connectivity index (χ1v) is 12.6. The summed E-state index contributed by atoms with van der Waals surface area (Å²) in [6.07, 6.45) is 1.51. The summed E-state index contributed by atoms with van der Waals surface area (Å²) in [5, 5.41) is 9.41. The highest BCUT2D eigenvalue weighted by Crippen LogP contribution is 2.39. The molecule has 1 heterocycles. The molecule has 8 nitrogen and oxygen atoms in total. The molecule has 0 spiro atoms. The van der Waals surface area contributed by atoms with Gasteiger partial charge in [0, 0.05) is 31.5 Å². The Bertz CT molecular complexity index is 1170. The summed E-state index contributed by atoms with van der Waals surface area (Å²) in [4.78, 5) is 38.4. The molecule has 10 heteroatoms. The van der Waals surface area contributed by atoms with Gasteiger partial charge in [0.2, 0.25) is 11.8 Å². The number of amides is 2. The Morgan fingerprint density at radius 1 is 1.16 bits per heavy atom. The van der Waals surface area contributed by atoms with E-state index in [9.17, 15) is 23.9 Å². The Hall–Kier alpha value is -3.17. The molecule has 1 aliphatic carbocycles. The van der Waals surface area contributed by atoms with E-state index in [1.807, 2.05) is 19.1 Å². The van der Waals surface area contributed by atoms with Gasteiger partial charge >= 0.3 is 5.97 Å². The maximum absolute atomic E-state index is 14.2. The molecule has 2 fully saturated rings. The highest BCUT2D eigenvalue weighted by Gasteiger charge is 2.40. The zero-order valence-electron chi connectivity index (χ0n) is 20.8. The number of hydrogen-bond donors (Lipinski definition) is 1. The summed E-state index contributed by atoms with van der Waals surface area (Å²) < 4.78 is 25.5. The minimum atomic E-state index is -0.804. The molecule has 2 aliphatic rings. The van der Waals surface area contributed by atoms with Crippen LogP contribution in [0.4, 0.5) is 4.39 Å². The number of carboxylic acids is 1. The van der Waals surface area contributed by atoms with E-state index in [4.69, 9.17) is 21.1 Å². The van der Waals surface area contributed by atoms with E-state index < -0.39 is 11.8 Å². The second-order valence-corrected chi connectivity index (χ2v) is 9.86. The normalized spacial score (nSPS) is 20.2. The molecule has 1 aliphatic heterocycles. The number of carbonyl (C=O) groups is 3. The number of halogens is 2. The maximum atomic E-state index is 14.2. The van der Waals surface area contributed by atoms with Crippen molar-refractivity contribution in [3.8, 4) is 11.5 Å². The first-order valence-electron chi connectivity index (χ1n) is 12.2. The molecule has 1 N–H and O–H groups in total. The summed E-state index contributed by atoms with van der Waals surface area (Å²) in [6, 6.07) is 10.1. The summed E-state index contributed by atoms with van der Waals surface area (Å²) in [5.41, 5.74) is 1.66. The van der Waals surface area contributed by atoms with Crippen molar-refractivity contribution in [1.82, 2.24) is 9.80 Å². The van der Waals surface area contributed by atoms with Gasteiger partial charge in [0.1, 0.15) is 12.4 Å². The predicted octanol–water partition coefficient (Wildman–Crippen LogP) is 4.44. The number of carbonyl (C=O) groups excluding carboxylic acids is 2. The quantitative estimate of drug-likeness (QED) is 0.427. The zero-order chi connectivity index (χ0) is 26.7. The monoisotopic (exact) mass is 532 g/mol. The number of imide groups is 1. The number of benzene rings is 2. The lowest BCUT2D eigenvalue weighted by molar-refractivity contribution is -0.147. The van der Waals surface area contributed by atoms with Gasteiger partial charge in [-0.2, -0.15) is 0 Å². The first kappa shape index (κ1) is 26.9. The van der Waals surface area contributed by atoms with Crippen LogP contribution in [0, 0.1) is 11.7 Å². The lowest BCUT2D eigenvalue weighted by atomic mass is 9.78. The van der Waals surface area contributed by atoms with Crippen LogP contribution in [0.2, 0.25) is 5.02 Å². The summed E-state index contributed by atoms with van der Waals surface area (Å²) in [5.74, 6) is -1.08. The molecule has 198 valence electrons. The topological polar surface area (TPSA) is 96.4 Å². The van der Waals surface area contributed by atoms with Crippen molar-refractivity contribution in [3.63, 3.8) is 0 Å². The predicted molar refractivity (Wildman–Crippen MR) is 134 cm³/mol. The van der Waals surface area contributed by atoms with E-state index >= 15 is 0 Å². The number of rotatable bonds is 11. The smallest absolute Gasteiger partial charge is 0.306 e. The third-order valence-corrected chi connectivity index (χ3v) is 7.48. The van der Waals surface area contributed by atoms with Crippen LogP contribution in [-0.4, -0.2) is 59.0 Å². The molecule has 2 aromatic carbocycles. The minimum Gasteiger partial charge on any atom is -0.493 e. The fraction of sp³-hybridized carbons (Fsp3) is 0.444. The molecule has 1 unspecified atom stereocenters. The van der Waals surface area contributed by atoms with E-state index in [0.717, 1.165) is 11.1 Å². The van der Waals surface area contributed by atoms with Crippen LogP contribution in [0.15, 0.2) is 36.4 Å². The van der Waals surface area contributed by atoms with Gasteiger partial charge in [-0.1, -0.05) is 23.7 Å². The second kappa shape index (κ2) is 11.5. The zero-order valence-corrected chi connectivity index (χ0v) is 21.5. The third kappa shape index (κ3) is 6.05. The van der Waals surface area contributed by atoms with Crippen LogP contribution in [0.5, 0.6) is 11.5 Å². The average Bonchev–Trinajstić information content (AvgIpc) is 3.16. The van der Waals surface area contributed by atoms with Crippen LogP contribution in [0.25, 0.3) is 0 Å². The van der Waals surface area contributed by atoms with Crippen LogP contribution in [0.1, 0.15) is 49.8 Å². The molecular formula is C27H30ClFN2O6. The van der Waals surface area contributed by atoms with E-state index in [0.29, 0.717) is 30.9 Å². The first-order chi connectivity index (χ1) is 17.7. The molecule has 1 saturated heterocycles. The fourth-order valence-electron chi connectivity index (χ4n) is 4.87. The van der Waals surface area contributed by atoms with E-state index in [1.165, 1.54) is 24.1 Å². The lowest BCUT2D eigenvalue weighted by Gasteiger charge is -2.44. The number of carboxylic acid groups (broad SMARTS) is 1. The highest BCUT2D eigenvalue weighted by atomic mass is 35.5. The number of ether oxygens (including phenoxy) is 2. The van der Waals surface area contributed by atoms with Crippen molar-refractivity contribution in [2.45, 2.75) is 51.2 Å². The molecule has 0 radical (unpaired) electrons. The van der Waals surface area contributed by atoms with E-state index in [2.05, 4.69) is 4.90 Å². The Morgan fingerprint density at radius 2 is 1.86 bits per heavy atom. The van der Waals surface area contributed by atoms with Crippen molar-refractivity contribution in [3.05, 3.63) is 58.4 Å². The standard InChI is InChI=1S/C27H30ClFN2O6/c1-16(18-4-5-21(28)22(29)14-18)31(20-12-19(13-20)27(34)35)15-17-3-6-23(24(11-17)36-2)37-10-9-30-25(32)7-8-26(30)33/h3-6,11,14,16,19-20H,7-10,12-13,15H2,1-2H3,(H,34,35). The molecular weight excluding hydrogens is 503 g/mol. The second-order valence-electron chi connectivity index (χ2n) is 9.46. The Kier molecular flexibility index (Phi) is 8.34. The molecule has 2 amide bonds. The lowest BCUT2D eigenvalue weighted by Crippen LogP contribution is -2.47. The minimum absolute atomic E-state index is 0.0206. The van der Waals surface area contributed by atoms with Gasteiger partial charge in [0.15, 0.2) is 11.5 Å². The number of methoxy groups -OCH3 is 1. The third-order valence-electron chi connectivity index (χ3n) is 7.18. The van der Waals surface area contributed by atoms with Crippen molar-refractivity contribution < 1.29 is 33.4 Å². The summed E-state index contributed by atoms with van der Waals surface area (Å²) in [6.45, 7) is 2.78. The van der Waals surface area contributed by atoms with Crippen LogP contribution < -0.4 is 9.47 Å². The van der Waals surface area contributed by atoms with Gasteiger partial charge in [-0.3, -0.25) is 24.2 Å². The van der Waals surface area contributed by atoms with Gasteiger partial charge in [0.05, 0.1) is 24.6 Å². The summed E-state index contributed by atoms with van der Waals surface area (Å²) >= 11 is 5.87. The number of hydrogen-bond acceptors (Lipinski definition) is 6. The van der Waals surface area contributed by atoms with Gasteiger partial charge in [-0.15, -0.1) is 0 Å². The van der Waals surface area contributed by atoms with Crippen LogP contribution in [-0.2, 0) is 20.9 Å². The average molecular weight is 533 g/mol. The SMILES string of the molecule is COc1cc(CN(C2CC(C(=O)O)C2)C(C)c2ccc(Cl)c(F)c2)ccc1OCCN1C(=O)CCC1=O. The highest BCUT2D eigenvalue weighted by molar-refractivity contribution is 6.30. The molecule has 4 rings (SSSR count). The Morgan fingerprint density at radius 3 is 2.49 bits per heavy atom. The van der Waals surface area contributed by atoms with Gasteiger partial charge in [-0.25, -0.2) is 4.39 Å². The fourth-order valence-corrected chi connectivity index (χ4v) is 4.98. The van der Waals surface area contributed by atoms with Crippen molar-refractivity contribution in [1.29, 1.82) is 0 Å². The van der Waals surface area contributed by atoms with Crippen molar-refractivity contribution in [2.24, 2.45) is 5.92 Å². The molecule has 0 aromatic heterocycles. The van der Waals surface area contributed by atoms with Gasteiger partial charge in [-0.05, 0) is 55.2 Å². The molecule has 2 aromatic rings. The Labute approximate surface area is 219 Å². The van der Waals surface area contributed by atoms with Crippen LogP contribution >= 0.6 is 11.6 Å².